The highest BCUT2D eigenvalue weighted by molar-refractivity contribution is 6.31. The first-order chi connectivity index (χ1) is 18.6. The molecule has 0 aromatic heterocycles. The second-order valence-electron chi connectivity index (χ2n) is 11.0. The van der Waals surface area contributed by atoms with Gasteiger partial charge in [-0.3, -0.25) is 24.7 Å². The minimum Gasteiger partial charge on any atom is -0.458 e. The molecule has 0 bridgehead atoms. The van der Waals surface area contributed by atoms with Crippen LogP contribution in [0.5, 0.6) is 0 Å². The molecule has 39 heavy (non-hydrogen) atoms. The molecule has 1 saturated heterocycles. The van der Waals surface area contributed by atoms with Crippen LogP contribution in [0.1, 0.15) is 70.1 Å². The third-order valence-electron chi connectivity index (χ3n) is 7.69. The summed E-state index contributed by atoms with van der Waals surface area (Å²) < 4.78 is 5.84. The van der Waals surface area contributed by atoms with E-state index >= 15 is 0 Å². The fraction of sp³-hybridized carbons (Fsp3) is 0.267. The fourth-order valence-electron chi connectivity index (χ4n) is 6.29. The number of carbonyl (C=O) groups is 3. The Morgan fingerprint density at radius 3 is 2.13 bits per heavy atom. The lowest BCUT2D eigenvalue weighted by atomic mass is 9.63. The molecule has 2 aliphatic heterocycles. The molecular weight excluding hydrogens is 498 g/mol. The summed E-state index contributed by atoms with van der Waals surface area (Å²) in [6.45, 7) is 5.22. The Morgan fingerprint density at radius 2 is 1.54 bits per heavy atom. The Morgan fingerprint density at radius 1 is 0.949 bits per heavy atom. The highest BCUT2D eigenvalue weighted by Crippen LogP contribution is 2.64. The van der Waals surface area contributed by atoms with Crippen molar-refractivity contribution in [2.24, 2.45) is 10.5 Å². The number of hydrogen-bond donors (Lipinski definition) is 0. The van der Waals surface area contributed by atoms with Crippen molar-refractivity contribution < 1.29 is 24.0 Å². The number of Topliss-reactive ketones (excluding diaryl/α,β-unsaturated/α-hetero) is 2. The van der Waals surface area contributed by atoms with Gasteiger partial charge in [0.2, 0.25) is 0 Å². The van der Waals surface area contributed by atoms with E-state index in [2.05, 4.69) is 5.10 Å². The van der Waals surface area contributed by atoms with Crippen LogP contribution >= 0.6 is 0 Å². The largest absolute Gasteiger partial charge is 0.458 e. The zero-order valence-corrected chi connectivity index (χ0v) is 21.5. The molecule has 9 nitrogen and oxygen atoms in total. The molecule has 9 heteroatoms. The van der Waals surface area contributed by atoms with Crippen LogP contribution in [0.25, 0.3) is 0 Å². The first-order valence-electron chi connectivity index (χ1n) is 12.6. The molecule has 1 unspecified atom stereocenters. The van der Waals surface area contributed by atoms with Crippen LogP contribution in [0.15, 0.2) is 77.9 Å². The van der Waals surface area contributed by atoms with Crippen molar-refractivity contribution in [3.8, 4) is 0 Å². The van der Waals surface area contributed by atoms with Crippen LogP contribution in [-0.2, 0) is 9.53 Å². The van der Waals surface area contributed by atoms with E-state index in [1.807, 2.05) is 24.3 Å². The summed E-state index contributed by atoms with van der Waals surface area (Å²) in [5, 5.41) is 17.6. The van der Waals surface area contributed by atoms with Gasteiger partial charge in [0, 0.05) is 29.2 Å². The van der Waals surface area contributed by atoms with E-state index < -0.39 is 51.5 Å². The second-order valence-corrected chi connectivity index (χ2v) is 11.0. The van der Waals surface area contributed by atoms with Gasteiger partial charge in [0.25, 0.3) is 5.69 Å². The number of non-ortho nitro benzene ring substituents is 1. The minimum atomic E-state index is -1.75. The molecule has 1 fully saturated rings. The molecule has 1 aliphatic carbocycles. The zero-order chi connectivity index (χ0) is 27.7. The van der Waals surface area contributed by atoms with Crippen LogP contribution < -0.4 is 0 Å². The van der Waals surface area contributed by atoms with Crippen molar-refractivity contribution in [2.45, 2.75) is 44.4 Å². The number of esters is 1. The number of fused-ring (bicyclic) bond motifs is 5. The Kier molecular flexibility index (Phi) is 5.33. The number of benzene rings is 3. The molecule has 2 heterocycles. The van der Waals surface area contributed by atoms with Gasteiger partial charge in [0.1, 0.15) is 11.0 Å². The van der Waals surface area contributed by atoms with Crippen molar-refractivity contribution in [3.05, 3.63) is 111 Å². The van der Waals surface area contributed by atoms with Crippen LogP contribution in [0.2, 0.25) is 0 Å². The summed E-state index contributed by atoms with van der Waals surface area (Å²) >= 11 is 0. The maximum absolute atomic E-state index is 14.5. The van der Waals surface area contributed by atoms with Gasteiger partial charge in [-0.25, -0.2) is 4.79 Å². The summed E-state index contributed by atoms with van der Waals surface area (Å²) in [6.07, 6.45) is 1.62. The molecule has 0 amide bonds. The number of hydrogen-bond acceptors (Lipinski definition) is 8. The van der Waals surface area contributed by atoms with Gasteiger partial charge < -0.3 is 4.74 Å². The van der Waals surface area contributed by atoms with Crippen LogP contribution in [0, 0.1) is 15.5 Å². The van der Waals surface area contributed by atoms with Crippen molar-refractivity contribution in [3.63, 3.8) is 0 Å². The second kappa shape index (κ2) is 8.42. The third kappa shape index (κ3) is 3.46. The summed E-state index contributed by atoms with van der Waals surface area (Å²) in [6, 6.07) is 17.6. The molecule has 0 radical (unpaired) electrons. The maximum Gasteiger partial charge on any atom is 0.331 e. The molecule has 3 aliphatic rings. The smallest absolute Gasteiger partial charge is 0.331 e. The average Bonchev–Trinajstić information content (AvgIpc) is 3.34. The lowest BCUT2D eigenvalue weighted by Crippen LogP contribution is -2.44. The van der Waals surface area contributed by atoms with Crippen LogP contribution in [-0.4, -0.2) is 45.3 Å². The van der Waals surface area contributed by atoms with Crippen molar-refractivity contribution in [2.75, 3.05) is 0 Å². The third-order valence-corrected chi connectivity index (χ3v) is 7.69. The zero-order valence-electron chi connectivity index (χ0n) is 21.5. The van der Waals surface area contributed by atoms with E-state index in [1.54, 1.807) is 51.3 Å². The summed E-state index contributed by atoms with van der Waals surface area (Å²) in [5.74, 6) is -2.48. The van der Waals surface area contributed by atoms with Crippen LogP contribution in [0.3, 0.4) is 0 Å². The number of hydrazone groups is 1. The Hall–Kier alpha value is -4.66. The molecule has 196 valence electrons. The number of carbonyl (C=O) groups excluding carboxylic acids is 3. The number of rotatable bonds is 3. The number of nitrogens with zero attached hydrogens (tertiary/aromatic N) is 3. The first kappa shape index (κ1) is 24.7. The molecular formula is C30H25N3O6. The standard InChI is InChI=1S/C30H25N3O6/c1-29(2,3)39-28(36)24-23(17-12-14-19(15-13-17)33(37)38)30(26(34)21-10-6-7-11-22(21)27(30)35)25-20-9-5-4-8-18(20)16-31-32(24)25/h4-16,23-25H,1-3H3/t23-,24+,25?/m1/s1. The van der Waals surface area contributed by atoms with Gasteiger partial charge in [-0.15, -0.1) is 0 Å². The topological polar surface area (TPSA) is 119 Å². The summed E-state index contributed by atoms with van der Waals surface area (Å²) in [4.78, 5) is 53.9. The van der Waals surface area contributed by atoms with Gasteiger partial charge in [-0.1, -0.05) is 60.7 Å². The lowest BCUT2D eigenvalue weighted by molar-refractivity contribution is -0.384. The average molecular weight is 524 g/mol. The summed E-state index contributed by atoms with van der Waals surface area (Å²) in [7, 11) is 0. The quantitative estimate of drug-likeness (QED) is 0.208. The number of ketones is 2. The van der Waals surface area contributed by atoms with Gasteiger partial charge in [0.15, 0.2) is 17.6 Å². The Bertz CT molecular complexity index is 1550. The van der Waals surface area contributed by atoms with E-state index in [4.69, 9.17) is 4.74 Å². The van der Waals surface area contributed by atoms with Crippen molar-refractivity contribution in [1.82, 2.24) is 5.01 Å². The number of ether oxygens (including phenoxy) is 1. The van der Waals surface area contributed by atoms with E-state index in [9.17, 15) is 24.5 Å². The Labute approximate surface area is 224 Å². The molecule has 0 saturated carbocycles. The predicted octanol–water partition coefficient (Wildman–Crippen LogP) is 4.86. The lowest BCUT2D eigenvalue weighted by Gasteiger charge is -2.36. The fourth-order valence-corrected chi connectivity index (χ4v) is 6.29. The molecule has 3 atom stereocenters. The van der Waals surface area contributed by atoms with Gasteiger partial charge in [-0.2, -0.15) is 5.10 Å². The molecule has 6 rings (SSSR count). The maximum atomic E-state index is 14.5. The SMILES string of the molecule is CC(C)(C)OC(=O)[C@@H]1[C@@H](c2ccc([N+](=O)[O-])cc2)C2(C(=O)c3ccccc3C2=O)C2c3ccccc3C=NN21. The summed E-state index contributed by atoms with van der Waals surface area (Å²) in [5.41, 5.74) is -0.317. The van der Waals surface area contributed by atoms with E-state index in [0.717, 1.165) is 5.56 Å². The Balaban J connectivity index is 1.66. The van der Waals surface area contributed by atoms with Crippen molar-refractivity contribution >= 4 is 29.4 Å². The highest BCUT2D eigenvalue weighted by Gasteiger charge is 2.73. The van der Waals surface area contributed by atoms with E-state index in [0.29, 0.717) is 11.1 Å². The molecule has 1 spiro atoms. The monoisotopic (exact) mass is 523 g/mol. The van der Waals surface area contributed by atoms with Gasteiger partial charge >= 0.3 is 5.97 Å². The minimum absolute atomic E-state index is 0.145. The number of nitro benzene ring substituents is 1. The number of nitro groups is 1. The predicted molar refractivity (Wildman–Crippen MR) is 142 cm³/mol. The van der Waals surface area contributed by atoms with Gasteiger partial charge in [0.05, 0.1) is 17.2 Å². The molecule has 3 aromatic carbocycles. The van der Waals surface area contributed by atoms with Crippen LogP contribution in [0.4, 0.5) is 5.69 Å². The normalized spacial score (nSPS) is 22.4. The van der Waals surface area contributed by atoms with E-state index in [-0.39, 0.29) is 16.8 Å². The van der Waals surface area contributed by atoms with E-state index in [1.165, 1.54) is 29.3 Å². The molecule has 3 aromatic rings. The van der Waals surface area contributed by atoms with Gasteiger partial charge in [-0.05, 0) is 37.5 Å². The molecule has 0 N–H and O–H groups in total. The first-order valence-corrected chi connectivity index (χ1v) is 12.6. The highest BCUT2D eigenvalue weighted by atomic mass is 16.6. The van der Waals surface area contributed by atoms with Crippen molar-refractivity contribution in [1.29, 1.82) is 0 Å².